The maximum Gasteiger partial charge on any atom is 0.181 e. The first-order chi connectivity index (χ1) is 17.8. The van der Waals surface area contributed by atoms with E-state index in [0.29, 0.717) is 35.0 Å². The SMILES string of the molecule is CC(C)(C)C(O)CC(CC1CCC2C3CC=C4CC(O)CCC4(C)C3CCC12C)S(=O)(=O)c1ccccc1. The molecule has 4 aliphatic rings. The van der Waals surface area contributed by atoms with Crippen LogP contribution in [0.5, 0.6) is 0 Å². The van der Waals surface area contributed by atoms with Gasteiger partial charge in [-0.15, -0.1) is 0 Å². The summed E-state index contributed by atoms with van der Waals surface area (Å²) in [7, 11) is -3.56. The lowest BCUT2D eigenvalue weighted by Crippen LogP contribution is -2.50. The van der Waals surface area contributed by atoms with E-state index >= 15 is 0 Å². The van der Waals surface area contributed by atoms with Gasteiger partial charge in [-0.25, -0.2) is 8.42 Å². The molecule has 212 valence electrons. The highest BCUT2D eigenvalue weighted by Gasteiger charge is 2.59. The summed E-state index contributed by atoms with van der Waals surface area (Å²) in [5.41, 5.74) is 1.51. The summed E-state index contributed by atoms with van der Waals surface area (Å²) < 4.78 is 27.9. The molecule has 1 aromatic rings. The van der Waals surface area contributed by atoms with Gasteiger partial charge < -0.3 is 10.2 Å². The van der Waals surface area contributed by atoms with E-state index in [0.717, 1.165) is 38.5 Å². The van der Waals surface area contributed by atoms with Crippen LogP contribution in [-0.2, 0) is 9.84 Å². The zero-order valence-electron chi connectivity index (χ0n) is 24.2. The highest BCUT2D eigenvalue weighted by Crippen LogP contribution is 2.67. The number of hydrogen-bond acceptors (Lipinski definition) is 4. The van der Waals surface area contributed by atoms with Crippen LogP contribution in [0.1, 0.15) is 98.8 Å². The number of aliphatic hydroxyl groups is 2. The first-order valence-corrected chi connectivity index (χ1v) is 16.7. The molecule has 5 heteroatoms. The van der Waals surface area contributed by atoms with E-state index in [2.05, 4.69) is 19.9 Å². The number of hydrogen-bond donors (Lipinski definition) is 2. The lowest BCUT2D eigenvalue weighted by Gasteiger charge is -2.58. The summed E-state index contributed by atoms with van der Waals surface area (Å²) >= 11 is 0. The van der Waals surface area contributed by atoms with E-state index in [-0.39, 0.29) is 28.8 Å². The minimum atomic E-state index is -3.56. The van der Waals surface area contributed by atoms with Crippen LogP contribution in [0.15, 0.2) is 46.9 Å². The maximum absolute atomic E-state index is 14.0. The van der Waals surface area contributed by atoms with E-state index in [4.69, 9.17) is 0 Å². The second kappa shape index (κ2) is 10.0. The fourth-order valence-corrected chi connectivity index (χ4v) is 11.1. The predicted molar refractivity (Wildman–Crippen MR) is 153 cm³/mol. The van der Waals surface area contributed by atoms with Crippen LogP contribution in [0, 0.1) is 39.9 Å². The smallest absolute Gasteiger partial charge is 0.181 e. The Hall–Kier alpha value is -1.17. The number of rotatable bonds is 6. The van der Waals surface area contributed by atoms with Crippen molar-refractivity contribution in [2.45, 2.75) is 121 Å². The number of benzene rings is 1. The van der Waals surface area contributed by atoms with Crippen molar-refractivity contribution < 1.29 is 18.6 Å². The molecule has 4 nitrogen and oxygen atoms in total. The lowest BCUT2D eigenvalue weighted by atomic mass is 9.47. The van der Waals surface area contributed by atoms with E-state index in [9.17, 15) is 18.6 Å². The minimum Gasteiger partial charge on any atom is -0.393 e. The van der Waals surface area contributed by atoms with Crippen molar-refractivity contribution in [2.24, 2.45) is 39.9 Å². The molecule has 38 heavy (non-hydrogen) atoms. The molecule has 0 aromatic heterocycles. The first kappa shape index (κ1) is 28.4. The molecule has 5 rings (SSSR count). The summed E-state index contributed by atoms with van der Waals surface area (Å²) in [6.07, 6.45) is 11.2. The zero-order chi connectivity index (χ0) is 27.5. The van der Waals surface area contributed by atoms with Gasteiger partial charge in [-0.1, -0.05) is 64.5 Å². The molecule has 0 bridgehead atoms. The third-order valence-electron chi connectivity index (χ3n) is 11.8. The van der Waals surface area contributed by atoms with Crippen LogP contribution < -0.4 is 0 Å². The number of fused-ring (bicyclic) bond motifs is 5. The molecule has 0 spiro atoms. The zero-order valence-corrected chi connectivity index (χ0v) is 25.0. The minimum absolute atomic E-state index is 0.147. The molecule has 0 aliphatic heterocycles. The van der Waals surface area contributed by atoms with Gasteiger partial charge >= 0.3 is 0 Å². The topological polar surface area (TPSA) is 74.6 Å². The van der Waals surface area contributed by atoms with E-state index in [1.807, 2.05) is 26.8 Å². The van der Waals surface area contributed by atoms with E-state index in [1.165, 1.54) is 18.4 Å². The maximum atomic E-state index is 14.0. The van der Waals surface area contributed by atoms with Crippen LogP contribution >= 0.6 is 0 Å². The summed E-state index contributed by atoms with van der Waals surface area (Å²) in [4.78, 5) is 0.381. The Bertz CT molecular complexity index is 1140. The van der Waals surface area contributed by atoms with E-state index in [1.54, 1.807) is 24.3 Å². The molecule has 9 atom stereocenters. The lowest BCUT2D eigenvalue weighted by molar-refractivity contribution is -0.0512. The van der Waals surface area contributed by atoms with Gasteiger partial charge in [0.25, 0.3) is 0 Å². The van der Waals surface area contributed by atoms with Gasteiger partial charge in [0.05, 0.1) is 22.4 Å². The Morgan fingerprint density at radius 1 is 1.00 bits per heavy atom. The molecule has 0 amide bonds. The Morgan fingerprint density at radius 2 is 1.71 bits per heavy atom. The number of aliphatic hydroxyl groups excluding tert-OH is 2. The summed E-state index contributed by atoms with van der Waals surface area (Å²) in [6, 6.07) is 8.88. The fraction of sp³-hybridized carbons (Fsp3) is 0.758. The molecule has 2 N–H and O–H groups in total. The van der Waals surface area contributed by atoms with Crippen LogP contribution in [0.4, 0.5) is 0 Å². The Kier molecular flexibility index (Phi) is 7.49. The van der Waals surface area contributed by atoms with Crippen molar-refractivity contribution in [1.82, 2.24) is 0 Å². The molecule has 0 radical (unpaired) electrons. The quantitative estimate of drug-likeness (QED) is 0.381. The fourth-order valence-electron chi connectivity index (χ4n) is 9.21. The van der Waals surface area contributed by atoms with Gasteiger partial charge in [-0.3, -0.25) is 0 Å². The average molecular weight is 543 g/mol. The van der Waals surface area contributed by atoms with Crippen molar-refractivity contribution >= 4 is 9.84 Å². The molecule has 0 saturated heterocycles. The highest BCUT2D eigenvalue weighted by molar-refractivity contribution is 7.92. The van der Waals surface area contributed by atoms with Gasteiger partial charge in [-0.05, 0) is 116 Å². The third-order valence-corrected chi connectivity index (χ3v) is 14.0. The van der Waals surface area contributed by atoms with Crippen LogP contribution in [0.3, 0.4) is 0 Å². The molecule has 9 unspecified atom stereocenters. The van der Waals surface area contributed by atoms with Gasteiger partial charge in [-0.2, -0.15) is 0 Å². The molecular formula is C33H50O4S. The predicted octanol–water partition coefficient (Wildman–Crippen LogP) is 6.96. The van der Waals surface area contributed by atoms with Crippen molar-refractivity contribution in [1.29, 1.82) is 0 Å². The Balaban J connectivity index is 1.41. The summed E-state index contributed by atoms with van der Waals surface area (Å²) in [6.45, 7) is 10.9. The first-order valence-electron chi connectivity index (χ1n) is 15.1. The third kappa shape index (κ3) is 4.83. The van der Waals surface area contributed by atoms with Gasteiger partial charge in [0.1, 0.15) is 0 Å². The average Bonchev–Trinajstić information content (AvgIpc) is 3.20. The molecule has 1 aromatic carbocycles. The standard InChI is InChI=1S/C33H50O4S/c1-31(2,3)30(35)21-26(38(36,37)25-9-7-6-8-10-25)20-23-12-14-28-27-13-11-22-19-24(34)15-17-32(22,4)29(27)16-18-33(23,28)5/h6-11,23-24,26-30,34-35H,12-21H2,1-5H3. The van der Waals surface area contributed by atoms with Crippen molar-refractivity contribution in [2.75, 3.05) is 0 Å². The highest BCUT2D eigenvalue weighted by atomic mass is 32.2. The van der Waals surface area contributed by atoms with Crippen LogP contribution in [-0.4, -0.2) is 36.1 Å². The van der Waals surface area contributed by atoms with Crippen molar-refractivity contribution in [3.63, 3.8) is 0 Å². The van der Waals surface area contributed by atoms with Gasteiger partial charge in [0, 0.05) is 0 Å². The largest absolute Gasteiger partial charge is 0.393 e. The second-order valence-corrected chi connectivity index (χ2v) is 17.0. The van der Waals surface area contributed by atoms with Gasteiger partial charge in [0.2, 0.25) is 0 Å². The molecular weight excluding hydrogens is 492 g/mol. The van der Waals surface area contributed by atoms with Crippen LogP contribution in [0.25, 0.3) is 0 Å². The Labute approximate surface area is 231 Å². The molecule has 3 saturated carbocycles. The monoisotopic (exact) mass is 542 g/mol. The molecule has 4 aliphatic carbocycles. The van der Waals surface area contributed by atoms with Crippen molar-refractivity contribution in [3.05, 3.63) is 42.0 Å². The Morgan fingerprint density at radius 3 is 2.39 bits per heavy atom. The van der Waals surface area contributed by atoms with E-state index < -0.39 is 21.2 Å². The van der Waals surface area contributed by atoms with Crippen molar-refractivity contribution in [3.8, 4) is 0 Å². The van der Waals surface area contributed by atoms with Gasteiger partial charge in [0.15, 0.2) is 9.84 Å². The summed E-state index contributed by atoms with van der Waals surface area (Å²) in [5.74, 6) is 2.32. The number of sulfone groups is 1. The summed E-state index contributed by atoms with van der Waals surface area (Å²) in [5, 5.41) is 20.8. The number of allylic oxidation sites excluding steroid dienone is 1. The van der Waals surface area contributed by atoms with Crippen LogP contribution in [0.2, 0.25) is 0 Å². The molecule has 3 fully saturated rings. The normalized spacial score (nSPS) is 38.9. The second-order valence-electron chi connectivity index (χ2n) is 14.8. The molecule has 0 heterocycles.